The molecule has 1 aromatic heterocycles. The van der Waals surface area contributed by atoms with Gasteiger partial charge in [0.1, 0.15) is 0 Å². The molecular weight excluding hydrogens is 184 g/mol. The smallest absolute Gasteiger partial charge is 0.0300 e. The summed E-state index contributed by atoms with van der Waals surface area (Å²) in [5, 5.41) is 3.59. The van der Waals surface area contributed by atoms with Crippen molar-refractivity contribution in [1.82, 2.24) is 10.3 Å². The Kier molecular flexibility index (Phi) is 3.92. The largest absolute Gasteiger partial charge is 0.313 e. The van der Waals surface area contributed by atoms with E-state index in [4.69, 9.17) is 0 Å². The molecule has 1 atom stereocenters. The van der Waals surface area contributed by atoms with Gasteiger partial charge in [0.2, 0.25) is 0 Å². The first-order chi connectivity index (χ1) is 7.45. The van der Waals surface area contributed by atoms with Crippen molar-refractivity contribution in [3.05, 3.63) is 42.2 Å². The predicted molar refractivity (Wildman–Crippen MR) is 62.7 cm³/mol. The molecule has 0 amide bonds. The molecule has 15 heavy (non-hydrogen) atoms. The van der Waals surface area contributed by atoms with E-state index < -0.39 is 0 Å². The first kappa shape index (κ1) is 10.4. The summed E-state index contributed by atoms with van der Waals surface area (Å²) < 4.78 is 0. The van der Waals surface area contributed by atoms with Gasteiger partial charge in [0.25, 0.3) is 0 Å². The van der Waals surface area contributed by atoms with Crippen molar-refractivity contribution >= 4 is 0 Å². The monoisotopic (exact) mass is 202 g/mol. The lowest BCUT2D eigenvalue weighted by atomic mass is 10.0. The van der Waals surface area contributed by atoms with Crippen molar-refractivity contribution < 1.29 is 0 Å². The van der Waals surface area contributed by atoms with Crippen molar-refractivity contribution in [3.63, 3.8) is 0 Å². The van der Waals surface area contributed by atoms with Gasteiger partial charge in [-0.2, -0.15) is 0 Å². The summed E-state index contributed by atoms with van der Waals surface area (Å²) in [6.45, 7) is 1.06. The number of rotatable bonds is 4. The van der Waals surface area contributed by atoms with Crippen LogP contribution in [0.1, 0.15) is 24.8 Å². The van der Waals surface area contributed by atoms with E-state index in [9.17, 15) is 0 Å². The van der Waals surface area contributed by atoms with Crippen LogP contribution in [-0.4, -0.2) is 17.6 Å². The molecule has 1 N–H and O–H groups in total. The zero-order valence-electron chi connectivity index (χ0n) is 9.02. The van der Waals surface area contributed by atoms with E-state index in [1.165, 1.54) is 24.8 Å². The highest BCUT2D eigenvalue weighted by Crippen LogP contribution is 2.10. The van der Waals surface area contributed by atoms with Crippen molar-refractivity contribution in [2.24, 2.45) is 0 Å². The van der Waals surface area contributed by atoms with E-state index in [0.29, 0.717) is 6.04 Å². The maximum atomic E-state index is 4.11. The zero-order chi connectivity index (χ0) is 10.3. The van der Waals surface area contributed by atoms with Crippen LogP contribution in [0.15, 0.2) is 36.7 Å². The second-order valence-electron chi connectivity index (χ2n) is 4.05. The number of allylic oxidation sites excluding steroid dienone is 1. The van der Waals surface area contributed by atoms with E-state index in [0.717, 1.165) is 13.0 Å². The summed E-state index contributed by atoms with van der Waals surface area (Å²) in [4.78, 5) is 4.11. The first-order valence-corrected chi connectivity index (χ1v) is 5.72. The minimum Gasteiger partial charge on any atom is -0.313 e. The quantitative estimate of drug-likeness (QED) is 0.758. The molecule has 80 valence electrons. The van der Waals surface area contributed by atoms with Crippen LogP contribution in [0.5, 0.6) is 0 Å². The summed E-state index contributed by atoms with van der Waals surface area (Å²) >= 11 is 0. The molecule has 1 aliphatic rings. The molecule has 0 fully saturated rings. The zero-order valence-corrected chi connectivity index (χ0v) is 9.02. The standard InChI is InChI=1S/C13H18N2/c1-2-6-13(7-3-1)15-10-8-12-5-4-9-14-11-12/h1-2,4-5,9,11,13,15H,3,6-8,10H2. The Morgan fingerprint density at radius 1 is 1.40 bits per heavy atom. The SMILES string of the molecule is C1=CCC(NCCc2cccnc2)CC1. The van der Waals surface area contributed by atoms with E-state index in [1.54, 1.807) is 0 Å². The van der Waals surface area contributed by atoms with Crippen LogP contribution in [0.2, 0.25) is 0 Å². The Hall–Kier alpha value is -1.15. The molecule has 0 aromatic carbocycles. The number of aromatic nitrogens is 1. The molecule has 1 aliphatic carbocycles. The Labute approximate surface area is 91.4 Å². The Bertz CT molecular complexity index is 306. The Balaban J connectivity index is 1.68. The van der Waals surface area contributed by atoms with Crippen LogP contribution in [0.3, 0.4) is 0 Å². The summed E-state index contributed by atoms with van der Waals surface area (Å²) in [6, 6.07) is 4.82. The average molecular weight is 202 g/mol. The fourth-order valence-corrected chi connectivity index (χ4v) is 1.95. The maximum Gasteiger partial charge on any atom is 0.0300 e. The molecule has 0 radical (unpaired) electrons. The van der Waals surface area contributed by atoms with Crippen LogP contribution < -0.4 is 5.32 Å². The molecule has 2 nitrogen and oxygen atoms in total. The van der Waals surface area contributed by atoms with Gasteiger partial charge in [-0.15, -0.1) is 0 Å². The first-order valence-electron chi connectivity index (χ1n) is 5.72. The van der Waals surface area contributed by atoms with E-state index in [-0.39, 0.29) is 0 Å². The molecule has 1 heterocycles. The third kappa shape index (κ3) is 3.48. The Morgan fingerprint density at radius 3 is 3.13 bits per heavy atom. The molecule has 1 aromatic rings. The normalized spacial score (nSPS) is 20.4. The minimum absolute atomic E-state index is 0.687. The van der Waals surface area contributed by atoms with Crippen LogP contribution in [0.4, 0.5) is 0 Å². The lowest BCUT2D eigenvalue weighted by molar-refractivity contribution is 0.478. The van der Waals surface area contributed by atoms with Crippen LogP contribution in [-0.2, 0) is 6.42 Å². The maximum absolute atomic E-state index is 4.11. The summed E-state index contributed by atoms with van der Waals surface area (Å²) in [6.07, 6.45) is 13.1. The summed E-state index contributed by atoms with van der Waals surface area (Å²) in [5.74, 6) is 0. The molecule has 2 rings (SSSR count). The highest BCUT2D eigenvalue weighted by molar-refractivity contribution is 5.08. The van der Waals surface area contributed by atoms with Gasteiger partial charge < -0.3 is 5.32 Å². The highest BCUT2D eigenvalue weighted by atomic mass is 14.9. The molecule has 0 saturated carbocycles. The van der Waals surface area contributed by atoms with Gasteiger partial charge in [-0.3, -0.25) is 4.98 Å². The van der Waals surface area contributed by atoms with Crippen LogP contribution in [0, 0.1) is 0 Å². The van der Waals surface area contributed by atoms with E-state index in [1.807, 2.05) is 18.5 Å². The second kappa shape index (κ2) is 5.66. The van der Waals surface area contributed by atoms with Crippen LogP contribution in [0.25, 0.3) is 0 Å². The molecule has 0 aliphatic heterocycles. The third-order valence-corrected chi connectivity index (χ3v) is 2.84. The average Bonchev–Trinajstić information content (AvgIpc) is 2.32. The van der Waals surface area contributed by atoms with Crippen molar-refractivity contribution in [1.29, 1.82) is 0 Å². The summed E-state index contributed by atoms with van der Waals surface area (Å²) in [7, 11) is 0. The van der Waals surface area contributed by atoms with Crippen molar-refractivity contribution in [2.45, 2.75) is 31.7 Å². The molecule has 0 bridgehead atoms. The predicted octanol–water partition coefficient (Wildman–Crippen LogP) is 2.32. The number of pyridine rings is 1. The fourth-order valence-electron chi connectivity index (χ4n) is 1.95. The van der Waals surface area contributed by atoms with Gasteiger partial charge in [0, 0.05) is 18.4 Å². The van der Waals surface area contributed by atoms with Gasteiger partial charge in [-0.25, -0.2) is 0 Å². The minimum atomic E-state index is 0.687. The van der Waals surface area contributed by atoms with Gasteiger partial charge in [0.15, 0.2) is 0 Å². The molecular formula is C13H18N2. The fraction of sp³-hybridized carbons (Fsp3) is 0.462. The summed E-state index contributed by atoms with van der Waals surface area (Å²) in [5.41, 5.74) is 1.32. The Morgan fingerprint density at radius 2 is 2.40 bits per heavy atom. The molecule has 0 saturated heterocycles. The van der Waals surface area contributed by atoms with Gasteiger partial charge in [-0.1, -0.05) is 18.2 Å². The van der Waals surface area contributed by atoms with Gasteiger partial charge >= 0.3 is 0 Å². The lowest BCUT2D eigenvalue weighted by Gasteiger charge is -2.19. The van der Waals surface area contributed by atoms with E-state index >= 15 is 0 Å². The van der Waals surface area contributed by atoms with Gasteiger partial charge in [-0.05, 0) is 43.9 Å². The second-order valence-corrected chi connectivity index (χ2v) is 4.05. The van der Waals surface area contributed by atoms with Gasteiger partial charge in [0.05, 0.1) is 0 Å². The molecule has 2 heteroatoms. The third-order valence-electron chi connectivity index (χ3n) is 2.84. The topological polar surface area (TPSA) is 24.9 Å². The van der Waals surface area contributed by atoms with E-state index in [2.05, 4.69) is 28.5 Å². The number of hydrogen-bond acceptors (Lipinski definition) is 2. The number of nitrogens with zero attached hydrogens (tertiary/aromatic N) is 1. The lowest BCUT2D eigenvalue weighted by Crippen LogP contribution is -2.31. The number of hydrogen-bond donors (Lipinski definition) is 1. The number of nitrogens with one attached hydrogen (secondary N) is 1. The molecule has 0 spiro atoms. The van der Waals surface area contributed by atoms with Crippen molar-refractivity contribution in [3.8, 4) is 0 Å². The highest BCUT2D eigenvalue weighted by Gasteiger charge is 2.07. The van der Waals surface area contributed by atoms with Crippen LogP contribution >= 0.6 is 0 Å². The van der Waals surface area contributed by atoms with Crippen molar-refractivity contribution in [2.75, 3.05) is 6.54 Å². The molecule has 1 unspecified atom stereocenters.